The van der Waals surface area contributed by atoms with Gasteiger partial charge < -0.3 is 19.7 Å². The Labute approximate surface area is 264 Å². The van der Waals surface area contributed by atoms with E-state index in [0.717, 1.165) is 31.1 Å². The zero-order chi connectivity index (χ0) is 30.9. The molecule has 4 fully saturated rings. The van der Waals surface area contributed by atoms with Gasteiger partial charge in [-0.15, -0.1) is 0 Å². The molecular formula is C36H69N3O4. The first kappa shape index (κ1) is 35.6. The normalized spacial score (nSPS) is 42.4. The Morgan fingerprint density at radius 3 is 1.77 bits per heavy atom. The molecule has 5 N–H and O–H groups in total. The molecule has 0 aromatic heterocycles. The van der Waals surface area contributed by atoms with Crippen molar-refractivity contribution in [3.8, 4) is 0 Å². The summed E-state index contributed by atoms with van der Waals surface area (Å²) < 4.78 is 12.0. The molecule has 0 radical (unpaired) electrons. The molecule has 0 aromatic carbocycles. The lowest BCUT2D eigenvalue weighted by Crippen LogP contribution is -2.74. The quantitative estimate of drug-likeness (QED) is 0.165. The van der Waals surface area contributed by atoms with Crippen molar-refractivity contribution >= 4 is 0 Å². The number of hydrogen-bond donors (Lipinski definition) is 5. The molecule has 3 saturated carbocycles. The van der Waals surface area contributed by atoms with Crippen molar-refractivity contribution in [3.63, 3.8) is 0 Å². The van der Waals surface area contributed by atoms with E-state index in [9.17, 15) is 10.2 Å². The Hall–Kier alpha value is -0.280. The monoisotopic (exact) mass is 608 g/mol. The molecule has 0 aromatic rings. The number of nitrogens with one attached hydrogen (secondary N) is 3. The number of aliphatic hydroxyl groups is 2. The van der Waals surface area contributed by atoms with Gasteiger partial charge in [-0.25, -0.2) is 0 Å². The van der Waals surface area contributed by atoms with Crippen molar-refractivity contribution in [2.75, 3.05) is 19.8 Å². The summed E-state index contributed by atoms with van der Waals surface area (Å²) in [4.78, 5) is 0. The fourth-order valence-electron chi connectivity index (χ4n) is 9.07. The molecule has 7 heteroatoms. The molecule has 4 rings (SSSR count). The minimum absolute atomic E-state index is 0.0122. The van der Waals surface area contributed by atoms with Crippen molar-refractivity contribution in [2.24, 2.45) is 47.3 Å². The average molecular weight is 608 g/mol. The summed E-state index contributed by atoms with van der Waals surface area (Å²) in [7, 11) is 0. The van der Waals surface area contributed by atoms with E-state index < -0.39 is 12.2 Å². The average Bonchev–Trinajstić information content (AvgIpc) is 2.97. The van der Waals surface area contributed by atoms with Gasteiger partial charge in [0.05, 0.1) is 43.9 Å². The molecule has 252 valence electrons. The van der Waals surface area contributed by atoms with Gasteiger partial charge in [0.1, 0.15) is 6.10 Å². The maximum Gasteiger partial charge on any atom is 0.101 e. The topological polar surface area (TPSA) is 95.0 Å². The van der Waals surface area contributed by atoms with Crippen LogP contribution >= 0.6 is 0 Å². The van der Waals surface area contributed by atoms with Gasteiger partial charge in [-0.2, -0.15) is 0 Å². The number of unbranched alkanes of at least 4 members (excludes halogenated alkanes) is 1. The van der Waals surface area contributed by atoms with Crippen LogP contribution in [-0.4, -0.2) is 66.8 Å². The summed E-state index contributed by atoms with van der Waals surface area (Å²) in [5.41, 5.74) is 0. The van der Waals surface area contributed by atoms with Crippen LogP contribution in [0.4, 0.5) is 0 Å². The van der Waals surface area contributed by atoms with E-state index in [4.69, 9.17) is 9.47 Å². The standard InChI is InChI=1S/C36H69N3O4/c1-7-9-10-27(8-2)20-42-21-28(40)22-43-29-13-16-32(33(41)19-29)36-38-34(30-14-11-23(3)17-25(30)5)37-35(39-36)31-15-12-24(4)18-26(31)6/h23-41H,7-22H2,1-6H3. The number of rotatable bonds is 14. The first-order valence-corrected chi connectivity index (χ1v) is 18.5. The maximum atomic E-state index is 11.5. The zero-order valence-electron chi connectivity index (χ0n) is 28.6. The lowest BCUT2D eigenvalue weighted by molar-refractivity contribution is -0.0911. The lowest BCUT2D eigenvalue weighted by Gasteiger charge is -2.52. The fourth-order valence-corrected chi connectivity index (χ4v) is 9.07. The van der Waals surface area contributed by atoms with E-state index in [2.05, 4.69) is 57.5 Å². The number of hydrogen-bond acceptors (Lipinski definition) is 7. The van der Waals surface area contributed by atoms with Crippen LogP contribution in [0.2, 0.25) is 0 Å². The Bertz CT molecular complexity index is 754. The molecule has 0 amide bonds. The van der Waals surface area contributed by atoms with Crippen LogP contribution in [0.3, 0.4) is 0 Å². The third-order valence-corrected chi connectivity index (χ3v) is 11.9. The molecule has 7 nitrogen and oxygen atoms in total. The summed E-state index contributed by atoms with van der Waals surface area (Å²) in [5.74, 6) is 5.02. The van der Waals surface area contributed by atoms with E-state index in [1.165, 1.54) is 57.8 Å². The second-order valence-electron chi connectivity index (χ2n) is 15.7. The van der Waals surface area contributed by atoms with Gasteiger partial charge in [-0.1, -0.05) is 73.6 Å². The molecular weight excluding hydrogens is 538 g/mol. The smallest absolute Gasteiger partial charge is 0.101 e. The summed E-state index contributed by atoms with van der Waals surface area (Å²) in [6.45, 7) is 15.5. The Balaban J connectivity index is 1.29. The van der Waals surface area contributed by atoms with Gasteiger partial charge in [-0.3, -0.25) is 16.0 Å². The minimum Gasteiger partial charge on any atom is -0.393 e. The first-order valence-electron chi connectivity index (χ1n) is 18.5. The van der Waals surface area contributed by atoms with Gasteiger partial charge in [0.2, 0.25) is 0 Å². The molecule has 13 atom stereocenters. The van der Waals surface area contributed by atoms with Crippen LogP contribution in [0.25, 0.3) is 0 Å². The highest BCUT2D eigenvalue weighted by Crippen LogP contribution is 2.40. The summed E-state index contributed by atoms with van der Waals surface area (Å²) in [6, 6.07) is 0. The highest BCUT2D eigenvalue weighted by molar-refractivity contribution is 4.98. The van der Waals surface area contributed by atoms with Crippen LogP contribution < -0.4 is 16.0 Å². The van der Waals surface area contributed by atoms with Crippen molar-refractivity contribution in [3.05, 3.63) is 0 Å². The first-order chi connectivity index (χ1) is 20.7. The summed E-state index contributed by atoms with van der Waals surface area (Å²) >= 11 is 0. The molecule has 1 aliphatic heterocycles. The van der Waals surface area contributed by atoms with Crippen molar-refractivity contribution in [1.82, 2.24) is 16.0 Å². The molecule has 0 bridgehead atoms. The fraction of sp³-hybridized carbons (Fsp3) is 1.00. The Kier molecular flexibility index (Phi) is 14.5. The van der Waals surface area contributed by atoms with Gasteiger partial charge in [0.15, 0.2) is 0 Å². The molecule has 0 spiro atoms. The van der Waals surface area contributed by atoms with Gasteiger partial charge >= 0.3 is 0 Å². The molecule has 13 unspecified atom stereocenters. The molecule has 3 aliphatic carbocycles. The van der Waals surface area contributed by atoms with E-state index in [1.807, 2.05) is 0 Å². The van der Waals surface area contributed by atoms with E-state index in [0.29, 0.717) is 49.2 Å². The molecule has 1 saturated heterocycles. The van der Waals surface area contributed by atoms with E-state index in [-0.39, 0.29) is 37.1 Å². The van der Waals surface area contributed by atoms with Crippen LogP contribution in [-0.2, 0) is 9.47 Å². The second-order valence-corrected chi connectivity index (χ2v) is 15.7. The molecule has 1 heterocycles. The van der Waals surface area contributed by atoms with E-state index in [1.54, 1.807) is 0 Å². The highest BCUT2D eigenvalue weighted by atomic mass is 16.5. The molecule has 4 aliphatic rings. The third kappa shape index (κ3) is 10.4. The van der Waals surface area contributed by atoms with Crippen molar-refractivity contribution in [2.45, 2.75) is 162 Å². The summed E-state index contributed by atoms with van der Waals surface area (Å²) in [6.07, 6.45) is 14.7. The second kappa shape index (κ2) is 17.6. The SMILES string of the molecule is CCCCC(CC)COCC(O)COC1CCC(C2NC(C3CCC(C)CC3C)NC(C3CCC(C)CC3C)N2)C(O)C1. The van der Waals surface area contributed by atoms with Gasteiger partial charge in [0.25, 0.3) is 0 Å². The number of ether oxygens (including phenoxy) is 2. The summed E-state index contributed by atoms with van der Waals surface area (Å²) in [5, 5.41) is 34.0. The van der Waals surface area contributed by atoms with Gasteiger partial charge in [0, 0.05) is 12.5 Å². The third-order valence-electron chi connectivity index (χ3n) is 11.9. The minimum atomic E-state index is -0.617. The number of aliphatic hydroxyl groups excluding tert-OH is 2. The van der Waals surface area contributed by atoms with Crippen molar-refractivity contribution in [1.29, 1.82) is 0 Å². The van der Waals surface area contributed by atoms with Gasteiger partial charge in [-0.05, 0) is 92.8 Å². The predicted molar refractivity (Wildman–Crippen MR) is 175 cm³/mol. The highest BCUT2D eigenvalue weighted by Gasteiger charge is 2.45. The largest absolute Gasteiger partial charge is 0.393 e. The lowest BCUT2D eigenvalue weighted by atomic mass is 9.71. The Morgan fingerprint density at radius 1 is 0.698 bits per heavy atom. The van der Waals surface area contributed by atoms with E-state index >= 15 is 0 Å². The Morgan fingerprint density at radius 2 is 1.26 bits per heavy atom. The van der Waals surface area contributed by atoms with Crippen LogP contribution in [0.5, 0.6) is 0 Å². The zero-order valence-corrected chi connectivity index (χ0v) is 28.6. The molecule has 43 heavy (non-hydrogen) atoms. The van der Waals surface area contributed by atoms with Crippen LogP contribution in [0.15, 0.2) is 0 Å². The maximum absolute atomic E-state index is 11.5. The predicted octanol–water partition coefficient (Wildman–Crippen LogP) is 6.03. The van der Waals surface area contributed by atoms with Crippen LogP contribution in [0, 0.1) is 47.3 Å². The van der Waals surface area contributed by atoms with Crippen molar-refractivity contribution < 1.29 is 19.7 Å². The van der Waals surface area contributed by atoms with Crippen LogP contribution in [0.1, 0.15) is 125 Å².